The fourth-order valence-corrected chi connectivity index (χ4v) is 2.39. The molecule has 1 aromatic carbocycles. The van der Waals surface area contributed by atoms with Crippen molar-refractivity contribution in [1.82, 2.24) is 10.6 Å². The molecule has 2 N–H and O–H groups in total. The van der Waals surface area contributed by atoms with Gasteiger partial charge in [0, 0.05) is 32.2 Å². The predicted octanol–water partition coefficient (Wildman–Crippen LogP) is 2.24. The van der Waals surface area contributed by atoms with Crippen molar-refractivity contribution in [1.29, 1.82) is 0 Å². The first kappa shape index (κ1) is 16.8. The summed E-state index contributed by atoms with van der Waals surface area (Å²) in [7, 11) is 0. The number of rotatable bonds is 8. The minimum atomic E-state index is -0.132. The van der Waals surface area contributed by atoms with Crippen molar-refractivity contribution in [3.05, 3.63) is 35.4 Å². The van der Waals surface area contributed by atoms with Gasteiger partial charge in [0.2, 0.25) is 0 Å². The maximum atomic E-state index is 11.7. The van der Waals surface area contributed by atoms with E-state index >= 15 is 0 Å². The molecule has 0 spiro atoms. The van der Waals surface area contributed by atoms with E-state index in [2.05, 4.69) is 10.6 Å². The van der Waals surface area contributed by atoms with Gasteiger partial charge in [0.15, 0.2) is 0 Å². The van der Waals surface area contributed by atoms with Crippen molar-refractivity contribution < 1.29 is 14.3 Å². The molecule has 2 rings (SSSR count). The molecular formula is C17H26N2O3. The number of amides is 2. The number of aryl methyl sites for hydroxylation is 1. The number of benzene rings is 1. The summed E-state index contributed by atoms with van der Waals surface area (Å²) in [5, 5.41) is 5.71. The fraction of sp³-hybridized carbons (Fsp3) is 0.588. The highest BCUT2D eigenvalue weighted by molar-refractivity contribution is 5.73. The van der Waals surface area contributed by atoms with Gasteiger partial charge in [-0.3, -0.25) is 0 Å². The Hall–Kier alpha value is -1.59. The highest BCUT2D eigenvalue weighted by Gasteiger charge is 2.15. The Morgan fingerprint density at radius 3 is 3.00 bits per heavy atom. The van der Waals surface area contributed by atoms with E-state index in [1.807, 2.05) is 31.2 Å². The molecule has 2 amide bonds. The number of urea groups is 1. The van der Waals surface area contributed by atoms with Gasteiger partial charge in [-0.1, -0.05) is 24.3 Å². The van der Waals surface area contributed by atoms with Crippen molar-refractivity contribution in [2.24, 2.45) is 5.92 Å². The second-order valence-corrected chi connectivity index (χ2v) is 5.69. The van der Waals surface area contributed by atoms with Crippen molar-refractivity contribution in [3.63, 3.8) is 0 Å². The van der Waals surface area contributed by atoms with Crippen molar-refractivity contribution in [2.75, 3.05) is 33.0 Å². The molecule has 1 aromatic rings. The van der Waals surface area contributed by atoms with Gasteiger partial charge < -0.3 is 20.1 Å². The largest absolute Gasteiger partial charge is 0.381 e. The van der Waals surface area contributed by atoms with Gasteiger partial charge in [-0.05, 0) is 30.9 Å². The van der Waals surface area contributed by atoms with Crippen LogP contribution in [0.2, 0.25) is 0 Å². The second-order valence-electron chi connectivity index (χ2n) is 5.69. The lowest BCUT2D eigenvalue weighted by molar-refractivity contribution is 0.0885. The van der Waals surface area contributed by atoms with E-state index < -0.39 is 0 Å². The van der Waals surface area contributed by atoms with Crippen LogP contribution < -0.4 is 10.6 Å². The molecule has 5 nitrogen and oxygen atoms in total. The summed E-state index contributed by atoms with van der Waals surface area (Å²) >= 11 is 0. The standard InChI is InChI=1S/C17H26N2O3/c1-14-5-2-3-6-16(14)11-19-17(20)18-8-4-9-21-12-15-7-10-22-13-15/h2-3,5-6,15H,4,7-13H2,1H3,(H2,18,19,20). The van der Waals surface area contributed by atoms with Gasteiger partial charge in [-0.15, -0.1) is 0 Å². The van der Waals surface area contributed by atoms with Crippen LogP contribution in [0.5, 0.6) is 0 Å². The highest BCUT2D eigenvalue weighted by Crippen LogP contribution is 2.12. The second kappa shape index (κ2) is 9.43. The lowest BCUT2D eigenvalue weighted by atomic mass is 10.1. The monoisotopic (exact) mass is 306 g/mol. The smallest absolute Gasteiger partial charge is 0.315 e. The predicted molar refractivity (Wildman–Crippen MR) is 85.8 cm³/mol. The van der Waals surface area contributed by atoms with Crippen LogP contribution in [0.3, 0.4) is 0 Å². The van der Waals surface area contributed by atoms with E-state index in [4.69, 9.17) is 9.47 Å². The summed E-state index contributed by atoms with van der Waals surface area (Å²) < 4.78 is 10.9. The molecule has 22 heavy (non-hydrogen) atoms. The Bertz CT molecular complexity index is 459. The molecule has 1 fully saturated rings. The van der Waals surface area contributed by atoms with Gasteiger partial charge in [-0.2, -0.15) is 0 Å². The van der Waals surface area contributed by atoms with E-state index in [-0.39, 0.29) is 6.03 Å². The lowest BCUT2D eigenvalue weighted by Crippen LogP contribution is -2.36. The summed E-state index contributed by atoms with van der Waals surface area (Å²) in [6.07, 6.45) is 1.92. The zero-order chi connectivity index (χ0) is 15.6. The number of carbonyl (C=O) groups is 1. The molecule has 1 unspecified atom stereocenters. The first-order chi connectivity index (χ1) is 10.8. The van der Waals surface area contributed by atoms with Gasteiger partial charge in [0.25, 0.3) is 0 Å². The molecule has 0 saturated carbocycles. The maximum Gasteiger partial charge on any atom is 0.315 e. The Morgan fingerprint density at radius 1 is 1.36 bits per heavy atom. The van der Waals surface area contributed by atoms with E-state index in [0.717, 1.165) is 38.2 Å². The van der Waals surface area contributed by atoms with Crippen LogP contribution in [0, 0.1) is 12.8 Å². The average Bonchev–Trinajstić information content (AvgIpc) is 3.03. The molecule has 0 aliphatic carbocycles. The third-order valence-corrected chi connectivity index (χ3v) is 3.83. The van der Waals surface area contributed by atoms with Gasteiger partial charge in [0.1, 0.15) is 0 Å². The number of carbonyl (C=O) groups excluding carboxylic acids is 1. The molecule has 0 bridgehead atoms. The first-order valence-corrected chi connectivity index (χ1v) is 7.97. The highest BCUT2D eigenvalue weighted by atomic mass is 16.5. The van der Waals surface area contributed by atoms with E-state index in [9.17, 15) is 4.79 Å². The van der Waals surface area contributed by atoms with Gasteiger partial charge in [-0.25, -0.2) is 4.79 Å². The zero-order valence-electron chi connectivity index (χ0n) is 13.3. The first-order valence-electron chi connectivity index (χ1n) is 7.97. The molecule has 1 aliphatic rings. The average molecular weight is 306 g/mol. The quantitative estimate of drug-likeness (QED) is 0.724. The number of hydrogen-bond donors (Lipinski definition) is 2. The van der Waals surface area contributed by atoms with Gasteiger partial charge >= 0.3 is 6.03 Å². The molecule has 1 saturated heterocycles. The summed E-state index contributed by atoms with van der Waals surface area (Å²) in [5.74, 6) is 0.547. The summed E-state index contributed by atoms with van der Waals surface area (Å²) in [4.78, 5) is 11.7. The molecule has 122 valence electrons. The Morgan fingerprint density at radius 2 is 2.23 bits per heavy atom. The molecule has 1 heterocycles. The van der Waals surface area contributed by atoms with E-state index in [1.165, 1.54) is 5.56 Å². The van der Waals surface area contributed by atoms with Gasteiger partial charge in [0.05, 0.1) is 13.2 Å². The van der Waals surface area contributed by atoms with Crippen molar-refractivity contribution in [3.8, 4) is 0 Å². The van der Waals surface area contributed by atoms with Crippen LogP contribution in [0.1, 0.15) is 24.0 Å². The number of ether oxygens (including phenoxy) is 2. The molecule has 1 aliphatic heterocycles. The molecule has 5 heteroatoms. The molecular weight excluding hydrogens is 280 g/mol. The van der Waals surface area contributed by atoms with E-state index in [1.54, 1.807) is 0 Å². The summed E-state index contributed by atoms with van der Waals surface area (Å²) in [6.45, 7) is 6.34. The normalized spacial score (nSPS) is 17.4. The Balaban J connectivity index is 1.48. The Labute approximate surface area is 132 Å². The number of hydrogen-bond acceptors (Lipinski definition) is 3. The maximum absolute atomic E-state index is 11.7. The third-order valence-electron chi connectivity index (χ3n) is 3.83. The topological polar surface area (TPSA) is 59.6 Å². The van der Waals surface area contributed by atoms with Crippen LogP contribution in [-0.2, 0) is 16.0 Å². The summed E-state index contributed by atoms with van der Waals surface area (Å²) in [6, 6.07) is 7.91. The number of nitrogens with one attached hydrogen (secondary N) is 2. The van der Waals surface area contributed by atoms with E-state index in [0.29, 0.717) is 25.6 Å². The third kappa shape index (κ3) is 6.03. The molecule has 0 radical (unpaired) electrons. The van der Waals surface area contributed by atoms with Crippen LogP contribution in [0.4, 0.5) is 4.79 Å². The van der Waals surface area contributed by atoms with Crippen molar-refractivity contribution in [2.45, 2.75) is 26.3 Å². The van der Waals surface area contributed by atoms with Crippen molar-refractivity contribution >= 4 is 6.03 Å². The lowest BCUT2D eigenvalue weighted by Gasteiger charge is -2.10. The van der Waals surface area contributed by atoms with Crippen LogP contribution in [0.25, 0.3) is 0 Å². The SMILES string of the molecule is Cc1ccccc1CNC(=O)NCCCOCC1CCOC1. The molecule has 0 aromatic heterocycles. The zero-order valence-corrected chi connectivity index (χ0v) is 13.3. The minimum Gasteiger partial charge on any atom is -0.381 e. The van der Waals surface area contributed by atoms with Crippen LogP contribution in [-0.4, -0.2) is 39.0 Å². The van der Waals surface area contributed by atoms with Crippen LogP contribution >= 0.6 is 0 Å². The fourth-order valence-electron chi connectivity index (χ4n) is 2.39. The minimum absolute atomic E-state index is 0.132. The molecule has 1 atom stereocenters. The van der Waals surface area contributed by atoms with Crippen LogP contribution in [0.15, 0.2) is 24.3 Å². The summed E-state index contributed by atoms with van der Waals surface area (Å²) in [5.41, 5.74) is 2.33. The Kier molecular flexibility index (Phi) is 7.19.